The van der Waals surface area contributed by atoms with E-state index in [-0.39, 0.29) is 17.1 Å². The van der Waals surface area contributed by atoms with Crippen molar-refractivity contribution in [3.05, 3.63) is 77.9 Å². The molecule has 3 rings (SSSR count). The lowest BCUT2D eigenvalue weighted by Gasteiger charge is -2.10. The first-order valence-corrected chi connectivity index (χ1v) is 8.16. The van der Waals surface area contributed by atoms with Crippen molar-refractivity contribution < 1.29 is 27.1 Å². The van der Waals surface area contributed by atoms with Crippen LogP contribution in [0.4, 0.5) is 23.2 Å². The third-order valence-corrected chi connectivity index (χ3v) is 3.65. The van der Waals surface area contributed by atoms with Gasteiger partial charge in [0, 0.05) is 11.8 Å². The molecule has 0 aliphatic carbocycles. The van der Waals surface area contributed by atoms with Gasteiger partial charge in [0.1, 0.15) is 11.6 Å². The largest absolute Gasteiger partial charge is 0.484 e. The van der Waals surface area contributed by atoms with Crippen molar-refractivity contribution in [1.29, 1.82) is 0 Å². The third kappa shape index (κ3) is 5.57. The van der Waals surface area contributed by atoms with Gasteiger partial charge in [-0.2, -0.15) is 18.3 Å². The van der Waals surface area contributed by atoms with Crippen molar-refractivity contribution >= 4 is 11.6 Å². The summed E-state index contributed by atoms with van der Waals surface area (Å²) in [7, 11) is 0. The van der Waals surface area contributed by atoms with Crippen LogP contribution in [0, 0.1) is 5.82 Å². The molecule has 0 radical (unpaired) electrons. The molecule has 0 atom stereocenters. The summed E-state index contributed by atoms with van der Waals surface area (Å²) in [5.74, 6) is -0.908. The monoisotopic (exact) mass is 393 g/mol. The fourth-order valence-corrected chi connectivity index (χ4v) is 2.39. The molecule has 0 saturated heterocycles. The highest BCUT2D eigenvalue weighted by atomic mass is 19.4. The van der Waals surface area contributed by atoms with Gasteiger partial charge < -0.3 is 10.1 Å². The maximum absolute atomic E-state index is 12.9. The highest BCUT2D eigenvalue weighted by Gasteiger charge is 2.28. The number of rotatable bonds is 6. The molecule has 3 aromatic rings. The Kier molecular flexibility index (Phi) is 5.62. The van der Waals surface area contributed by atoms with Crippen molar-refractivity contribution in [1.82, 2.24) is 9.78 Å². The topological polar surface area (TPSA) is 56.2 Å². The number of hydrogen-bond acceptors (Lipinski definition) is 3. The van der Waals surface area contributed by atoms with Crippen LogP contribution in [-0.2, 0) is 6.54 Å². The minimum atomic E-state index is -4.46. The summed E-state index contributed by atoms with van der Waals surface area (Å²) in [6.45, 7) is -1.05. The van der Waals surface area contributed by atoms with Crippen LogP contribution in [0.5, 0.6) is 5.75 Å². The fourth-order valence-electron chi connectivity index (χ4n) is 2.39. The molecule has 0 bridgehead atoms. The predicted octanol–water partition coefficient (Wildman–Crippen LogP) is 4.26. The minimum Gasteiger partial charge on any atom is -0.484 e. The second kappa shape index (κ2) is 8.12. The number of aromatic nitrogens is 2. The molecule has 0 saturated carbocycles. The standard InChI is InChI=1S/C19H15F4N3O2/c20-15-6-4-13(5-7-15)10-26-11-16(9-24-26)25-18(27)14-2-1-3-17(8-14)28-12-19(21,22)23/h1-9,11H,10,12H2,(H,25,27). The SMILES string of the molecule is O=C(Nc1cnn(Cc2ccc(F)cc2)c1)c1cccc(OCC(F)(F)F)c1. The van der Waals surface area contributed by atoms with Gasteiger partial charge in [0.2, 0.25) is 0 Å². The maximum atomic E-state index is 12.9. The van der Waals surface area contributed by atoms with Crippen LogP contribution >= 0.6 is 0 Å². The van der Waals surface area contributed by atoms with E-state index >= 15 is 0 Å². The van der Waals surface area contributed by atoms with Crippen molar-refractivity contribution in [2.75, 3.05) is 11.9 Å². The zero-order valence-corrected chi connectivity index (χ0v) is 14.4. The van der Waals surface area contributed by atoms with Crippen LogP contribution in [0.25, 0.3) is 0 Å². The van der Waals surface area contributed by atoms with Crippen LogP contribution in [-0.4, -0.2) is 28.5 Å². The third-order valence-electron chi connectivity index (χ3n) is 3.65. The van der Waals surface area contributed by atoms with E-state index in [1.165, 1.54) is 42.6 Å². The lowest BCUT2D eigenvalue weighted by Crippen LogP contribution is -2.19. The van der Waals surface area contributed by atoms with E-state index < -0.39 is 18.7 Å². The molecule has 1 N–H and O–H groups in total. The van der Waals surface area contributed by atoms with Gasteiger partial charge >= 0.3 is 6.18 Å². The lowest BCUT2D eigenvalue weighted by molar-refractivity contribution is -0.153. The van der Waals surface area contributed by atoms with Crippen molar-refractivity contribution in [2.24, 2.45) is 0 Å². The van der Waals surface area contributed by atoms with E-state index in [0.717, 1.165) is 5.56 Å². The summed E-state index contributed by atoms with van der Waals surface area (Å²) < 4.78 is 55.8. The number of alkyl halides is 3. The minimum absolute atomic E-state index is 0.0584. The van der Waals surface area contributed by atoms with Crippen LogP contribution in [0.1, 0.15) is 15.9 Å². The molecule has 1 heterocycles. The molecule has 5 nitrogen and oxygen atoms in total. The molecule has 9 heteroatoms. The molecular formula is C19H15F4N3O2. The lowest BCUT2D eigenvalue weighted by atomic mass is 10.2. The summed E-state index contributed by atoms with van der Waals surface area (Å²) in [5.41, 5.74) is 1.39. The number of carbonyl (C=O) groups excluding carboxylic acids is 1. The van der Waals surface area contributed by atoms with Crippen LogP contribution in [0.15, 0.2) is 60.9 Å². The summed E-state index contributed by atoms with van der Waals surface area (Å²) in [6.07, 6.45) is -1.44. The van der Waals surface area contributed by atoms with Crippen molar-refractivity contribution in [3.63, 3.8) is 0 Å². The van der Waals surface area contributed by atoms with Gasteiger partial charge in [-0.1, -0.05) is 18.2 Å². The van der Waals surface area contributed by atoms with Gasteiger partial charge in [0.15, 0.2) is 6.61 Å². The Morgan fingerprint density at radius 2 is 1.89 bits per heavy atom. The second-order valence-electron chi connectivity index (χ2n) is 5.94. The van der Waals surface area contributed by atoms with Gasteiger partial charge in [-0.25, -0.2) is 4.39 Å². The number of benzene rings is 2. The Balaban J connectivity index is 1.62. The predicted molar refractivity (Wildman–Crippen MR) is 93.7 cm³/mol. The highest BCUT2D eigenvalue weighted by molar-refractivity contribution is 6.04. The average molecular weight is 393 g/mol. The van der Waals surface area contributed by atoms with E-state index in [1.54, 1.807) is 23.0 Å². The number of nitrogens with zero attached hydrogens (tertiary/aromatic N) is 2. The first-order chi connectivity index (χ1) is 13.3. The number of amides is 1. The molecule has 146 valence electrons. The molecule has 2 aromatic carbocycles. The molecule has 0 fully saturated rings. The van der Waals surface area contributed by atoms with Crippen LogP contribution in [0.2, 0.25) is 0 Å². The summed E-state index contributed by atoms with van der Waals surface area (Å²) >= 11 is 0. The summed E-state index contributed by atoms with van der Waals surface area (Å²) in [5, 5.41) is 6.73. The molecule has 1 amide bonds. The number of carbonyl (C=O) groups is 1. The van der Waals surface area contributed by atoms with E-state index in [0.29, 0.717) is 12.2 Å². The van der Waals surface area contributed by atoms with E-state index in [9.17, 15) is 22.4 Å². The van der Waals surface area contributed by atoms with Crippen molar-refractivity contribution in [2.45, 2.75) is 12.7 Å². The number of hydrogen-bond donors (Lipinski definition) is 1. The van der Waals surface area contributed by atoms with Crippen LogP contribution < -0.4 is 10.1 Å². The number of ether oxygens (including phenoxy) is 1. The second-order valence-corrected chi connectivity index (χ2v) is 5.94. The van der Waals surface area contributed by atoms with E-state index in [2.05, 4.69) is 15.2 Å². The Hall–Kier alpha value is -3.36. The smallest absolute Gasteiger partial charge is 0.422 e. The fraction of sp³-hybridized carbons (Fsp3) is 0.158. The quantitative estimate of drug-likeness (QED) is 0.637. The molecule has 1 aromatic heterocycles. The normalized spacial score (nSPS) is 11.3. The maximum Gasteiger partial charge on any atom is 0.422 e. The van der Waals surface area contributed by atoms with Gasteiger partial charge in [0.05, 0.1) is 18.4 Å². The zero-order chi connectivity index (χ0) is 20.1. The number of anilines is 1. The number of halogens is 4. The summed E-state index contributed by atoms with van der Waals surface area (Å²) in [6, 6.07) is 11.4. The van der Waals surface area contributed by atoms with E-state index in [1.807, 2.05) is 0 Å². The number of nitrogens with one attached hydrogen (secondary N) is 1. The molecule has 28 heavy (non-hydrogen) atoms. The molecule has 0 aliphatic rings. The van der Waals surface area contributed by atoms with Crippen LogP contribution in [0.3, 0.4) is 0 Å². The Morgan fingerprint density at radius 3 is 2.61 bits per heavy atom. The van der Waals surface area contributed by atoms with Gasteiger partial charge in [0.25, 0.3) is 5.91 Å². The Bertz CT molecular complexity index is 952. The molecule has 0 aliphatic heterocycles. The van der Waals surface area contributed by atoms with E-state index in [4.69, 9.17) is 0 Å². The van der Waals surface area contributed by atoms with Crippen molar-refractivity contribution in [3.8, 4) is 5.75 Å². The Labute approximate surface area is 157 Å². The Morgan fingerprint density at radius 1 is 1.14 bits per heavy atom. The molecule has 0 spiro atoms. The first-order valence-electron chi connectivity index (χ1n) is 8.16. The zero-order valence-electron chi connectivity index (χ0n) is 14.4. The summed E-state index contributed by atoms with van der Waals surface area (Å²) in [4.78, 5) is 12.3. The van der Waals surface area contributed by atoms with Gasteiger partial charge in [-0.3, -0.25) is 9.48 Å². The van der Waals surface area contributed by atoms with Gasteiger partial charge in [-0.15, -0.1) is 0 Å². The average Bonchev–Trinajstić information content (AvgIpc) is 3.08. The molecular weight excluding hydrogens is 378 g/mol. The highest BCUT2D eigenvalue weighted by Crippen LogP contribution is 2.20. The first kappa shape index (κ1) is 19.4. The van der Waals surface area contributed by atoms with Gasteiger partial charge in [-0.05, 0) is 35.9 Å². The molecule has 0 unspecified atom stereocenters.